The first-order chi connectivity index (χ1) is 14.5. The molecule has 0 saturated carbocycles. The van der Waals surface area contributed by atoms with Crippen LogP contribution in [0.25, 0.3) is 0 Å². The number of primary amides is 1. The summed E-state index contributed by atoms with van der Waals surface area (Å²) in [5.41, 5.74) is 10.4. The number of benzene rings is 2. The van der Waals surface area contributed by atoms with Crippen LogP contribution in [0.15, 0.2) is 47.5 Å². The van der Waals surface area contributed by atoms with E-state index in [1.54, 1.807) is 6.07 Å². The van der Waals surface area contributed by atoms with Crippen LogP contribution in [-0.4, -0.2) is 25.0 Å². The van der Waals surface area contributed by atoms with Crippen LogP contribution < -0.4 is 21.1 Å². The Balaban J connectivity index is 0.00000341. The zero-order chi connectivity index (χ0) is 21.3. The number of ether oxygens (including phenoxy) is 1. The lowest BCUT2D eigenvalue weighted by molar-refractivity contribution is -0.119. The first-order valence-corrected chi connectivity index (χ1v) is 10.7. The van der Waals surface area contributed by atoms with Crippen molar-refractivity contribution in [2.24, 2.45) is 10.7 Å². The second-order valence-corrected chi connectivity index (χ2v) is 7.70. The number of nitrogens with two attached hydrogens (primary N) is 1. The van der Waals surface area contributed by atoms with Crippen LogP contribution in [0, 0.1) is 0 Å². The van der Waals surface area contributed by atoms with Gasteiger partial charge in [-0.2, -0.15) is 0 Å². The second-order valence-electron chi connectivity index (χ2n) is 7.70. The van der Waals surface area contributed by atoms with Crippen molar-refractivity contribution in [2.75, 3.05) is 13.2 Å². The predicted octanol–water partition coefficient (Wildman–Crippen LogP) is 3.86. The summed E-state index contributed by atoms with van der Waals surface area (Å²) in [4.78, 5) is 15.6. The number of nitrogens with one attached hydrogen (secondary N) is 2. The maximum absolute atomic E-state index is 10.9. The number of fused-ring (bicyclic) bond motifs is 1. The number of hydrogen-bond acceptors (Lipinski definition) is 3. The van der Waals surface area contributed by atoms with E-state index in [9.17, 15) is 4.79 Å². The van der Waals surface area contributed by atoms with E-state index in [1.165, 1.54) is 42.4 Å². The molecule has 2 aromatic rings. The van der Waals surface area contributed by atoms with Crippen molar-refractivity contribution in [3.63, 3.8) is 0 Å². The van der Waals surface area contributed by atoms with Crippen molar-refractivity contribution in [1.29, 1.82) is 0 Å². The molecular formula is C24H33IN4O2. The maximum Gasteiger partial charge on any atom is 0.255 e. The molecule has 7 heteroatoms. The van der Waals surface area contributed by atoms with E-state index in [1.807, 2.05) is 18.2 Å². The summed E-state index contributed by atoms with van der Waals surface area (Å²) in [5.74, 6) is 0.890. The number of aryl methyl sites for hydroxylation is 2. The van der Waals surface area contributed by atoms with Gasteiger partial charge in [0.1, 0.15) is 5.75 Å². The average molecular weight is 536 g/mol. The third-order valence-corrected chi connectivity index (χ3v) is 5.27. The van der Waals surface area contributed by atoms with Gasteiger partial charge in [0.05, 0.1) is 12.6 Å². The lowest BCUT2D eigenvalue weighted by atomic mass is 9.89. The zero-order valence-corrected chi connectivity index (χ0v) is 20.6. The van der Waals surface area contributed by atoms with Crippen molar-refractivity contribution in [1.82, 2.24) is 10.6 Å². The fourth-order valence-electron chi connectivity index (χ4n) is 3.69. The average Bonchev–Trinajstić information content (AvgIpc) is 2.76. The quantitative estimate of drug-likeness (QED) is 0.272. The van der Waals surface area contributed by atoms with Crippen molar-refractivity contribution in [2.45, 2.75) is 52.1 Å². The molecule has 1 aliphatic rings. The van der Waals surface area contributed by atoms with Crippen LogP contribution in [0.4, 0.5) is 0 Å². The summed E-state index contributed by atoms with van der Waals surface area (Å²) in [6, 6.07) is 14.6. The Labute approximate surface area is 202 Å². The van der Waals surface area contributed by atoms with E-state index in [0.29, 0.717) is 12.3 Å². The molecule has 0 radical (unpaired) electrons. The molecule has 4 N–H and O–H groups in total. The number of rotatable bonds is 8. The largest absolute Gasteiger partial charge is 0.484 e. The molecule has 0 heterocycles. The van der Waals surface area contributed by atoms with Gasteiger partial charge in [-0.25, -0.2) is 4.99 Å². The molecule has 0 fully saturated rings. The molecule has 0 bridgehead atoms. The summed E-state index contributed by atoms with van der Waals surface area (Å²) >= 11 is 0. The highest BCUT2D eigenvalue weighted by Crippen LogP contribution is 2.24. The number of carbonyl (C=O) groups is 1. The van der Waals surface area contributed by atoms with Crippen LogP contribution in [0.2, 0.25) is 0 Å². The predicted molar refractivity (Wildman–Crippen MR) is 136 cm³/mol. The van der Waals surface area contributed by atoms with E-state index in [4.69, 9.17) is 15.5 Å². The molecule has 31 heavy (non-hydrogen) atoms. The number of amides is 1. The Morgan fingerprint density at radius 2 is 1.94 bits per heavy atom. The summed E-state index contributed by atoms with van der Waals surface area (Å²) in [5, 5.41) is 6.83. The van der Waals surface area contributed by atoms with Crippen LogP contribution >= 0.6 is 24.0 Å². The van der Waals surface area contributed by atoms with Gasteiger partial charge in [0.25, 0.3) is 5.91 Å². The molecule has 1 amide bonds. The van der Waals surface area contributed by atoms with Crippen LogP contribution in [0.1, 0.15) is 55.0 Å². The number of carbonyl (C=O) groups excluding carboxylic acids is 1. The number of hydrogen-bond donors (Lipinski definition) is 3. The topological polar surface area (TPSA) is 88.7 Å². The molecule has 0 saturated heterocycles. The monoisotopic (exact) mass is 536 g/mol. The van der Waals surface area contributed by atoms with E-state index >= 15 is 0 Å². The standard InChI is InChI=1S/C24H32N4O2.HI/c1-3-26-24(27-15-18-7-6-10-22(13-18)30-16-23(25)29)28-17(2)20-12-11-19-8-4-5-9-21(19)14-20;/h6-7,10-14,17H,3-5,8-9,15-16H2,1-2H3,(H2,25,29)(H2,26,27,28);1H. The Hall–Kier alpha value is -2.29. The molecule has 2 aromatic carbocycles. The number of halogens is 1. The van der Waals surface area contributed by atoms with Crippen LogP contribution in [0.3, 0.4) is 0 Å². The Morgan fingerprint density at radius 1 is 1.16 bits per heavy atom. The summed E-state index contributed by atoms with van der Waals surface area (Å²) in [6.07, 6.45) is 4.96. The Bertz CT molecular complexity index is 901. The van der Waals surface area contributed by atoms with Crippen LogP contribution in [0.5, 0.6) is 5.75 Å². The minimum atomic E-state index is -0.492. The minimum Gasteiger partial charge on any atom is -0.484 e. The molecule has 1 aliphatic carbocycles. The molecule has 1 atom stereocenters. The summed E-state index contributed by atoms with van der Waals surface area (Å²) < 4.78 is 5.38. The van der Waals surface area contributed by atoms with Crippen molar-refractivity contribution in [3.8, 4) is 5.75 Å². The Kier molecular flexibility index (Phi) is 10.1. The van der Waals surface area contributed by atoms with Gasteiger partial charge in [0, 0.05) is 6.54 Å². The zero-order valence-electron chi connectivity index (χ0n) is 18.3. The molecule has 1 unspecified atom stereocenters. The van der Waals surface area contributed by atoms with Gasteiger partial charge in [0.15, 0.2) is 12.6 Å². The smallest absolute Gasteiger partial charge is 0.255 e. The van der Waals surface area contributed by atoms with Gasteiger partial charge in [-0.15, -0.1) is 24.0 Å². The molecule has 168 valence electrons. The number of aliphatic imine (C=N–C) groups is 1. The lowest BCUT2D eigenvalue weighted by Gasteiger charge is -2.21. The van der Waals surface area contributed by atoms with Gasteiger partial charge < -0.3 is 21.1 Å². The summed E-state index contributed by atoms with van der Waals surface area (Å²) in [6.45, 7) is 5.37. The molecular weight excluding hydrogens is 503 g/mol. The molecule has 0 spiro atoms. The molecule has 0 aromatic heterocycles. The normalized spacial score (nSPS) is 14.1. The second kappa shape index (κ2) is 12.5. The van der Waals surface area contributed by atoms with Gasteiger partial charge in [-0.1, -0.05) is 30.3 Å². The fourth-order valence-corrected chi connectivity index (χ4v) is 3.69. The third kappa shape index (κ3) is 7.72. The van der Waals surface area contributed by atoms with E-state index in [0.717, 1.165) is 18.1 Å². The van der Waals surface area contributed by atoms with E-state index in [-0.39, 0.29) is 36.6 Å². The number of nitrogens with zero attached hydrogens (tertiary/aromatic N) is 1. The third-order valence-electron chi connectivity index (χ3n) is 5.27. The van der Waals surface area contributed by atoms with Crippen LogP contribution in [-0.2, 0) is 24.2 Å². The first-order valence-electron chi connectivity index (χ1n) is 10.7. The van der Waals surface area contributed by atoms with E-state index < -0.39 is 5.91 Å². The van der Waals surface area contributed by atoms with Crippen molar-refractivity contribution in [3.05, 3.63) is 64.7 Å². The van der Waals surface area contributed by atoms with Gasteiger partial charge in [-0.05, 0) is 73.9 Å². The molecule has 3 rings (SSSR count). The summed E-state index contributed by atoms with van der Waals surface area (Å²) in [7, 11) is 0. The SMILES string of the molecule is CCNC(=NCc1cccc(OCC(N)=O)c1)NC(C)c1ccc2c(c1)CCCC2.I. The first kappa shape index (κ1) is 25.0. The molecule has 6 nitrogen and oxygen atoms in total. The highest BCUT2D eigenvalue weighted by Gasteiger charge is 2.13. The Morgan fingerprint density at radius 3 is 2.68 bits per heavy atom. The van der Waals surface area contributed by atoms with Gasteiger partial charge in [-0.3, -0.25) is 4.79 Å². The van der Waals surface area contributed by atoms with Crippen molar-refractivity contribution < 1.29 is 9.53 Å². The van der Waals surface area contributed by atoms with Crippen molar-refractivity contribution >= 4 is 35.8 Å². The highest BCUT2D eigenvalue weighted by molar-refractivity contribution is 14.0. The fraction of sp³-hybridized carbons (Fsp3) is 0.417. The highest BCUT2D eigenvalue weighted by atomic mass is 127. The minimum absolute atomic E-state index is 0. The van der Waals surface area contributed by atoms with E-state index in [2.05, 4.69) is 42.7 Å². The van der Waals surface area contributed by atoms with Gasteiger partial charge >= 0.3 is 0 Å². The lowest BCUT2D eigenvalue weighted by Crippen LogP contribution is -2.38. The van der Waals surface area contributed by atoms with Gasteiger partial charge in [0.2, 0.25) is 0 Å². The molecule has 0 aliphatic heterocycles. The number of guanidine groups is 1. The maximum atomic E-state index is 10.9.